The van der Waals surface area contributed by atoms with E-state index in [1.165, 1.54) is 0 Å². The maximum atomic E-state index is 13.3. The van der Waals surface area contributed by atoms with Gasteiger partial charge < -0.3 is 4.90 Å². The number of nitrogens with zero attached hydrogens (tertiary/aromatic N) is 2. The number of rotatable bonds is 4. The molecule has 0 saturated carbocycles. The molecule has 2 saturated heterocycles. The number of hydrogen-bond acceptors (Lipinski definition) is 4. The second kappa shape index (κ2) is 7.04. The Labute approximate surface area is 168 Å². The molecular formula is C19H19ClN2O3S2. The van der Waals surface area contributed by atoms with Gasteiger partial charge in [-0.3, -0.25) is 4.90 Å². The SMILES string of the molecule is CSc1cccc(N2C(=O)N(Cc3ccccc3Cl)C3CS(=O)(=O)CC32)c1. The van der Waals surface area contributed by atoms with E-state index < -0.39 is 9.84 Å². The summed E-state index contributed by atoms with van der Waals surface area (Å²) < 4.78 is 24.6. The summed E-state index contributed by atoms with van der Waals surface area (Å²) in [6.45, 7) is 0.300. The largest absolute Gasteiger partial charge is 0.325 e. The third kappa shape index (κ3) is 3.44. The lowest BCUT2D eigenvalue weighted by atomic mass is 10.1. The maximum Gasteiger partial charge on any atom is 0.325 e. The first kappa shape index (κ1) is 18.7. The molecule has 2 unspecified atom stereocenters. The van der Waals surface area contributed by atoms with Gasteiger partial charge in [-0.05, 0) is 36.1 Å². The molecule has 2 aliphatic heterocycles. The molecule has 2 aromatic carbocycles. The molecule has 0 spiro atoms. The van der Waals surface area contributed by atoms with Crippen molar-refractivity contribution in [3.8, 4) is 0 Å². The third-order valence-corrected chi connectivity index (χ3v) is 7.90. The molecular weight excluding hydrogens is 404 g/mol. The van der Waals surface area contributed by atoms with Crippen LogP contribution in [0.15, 0.2) is 53.4 Å². The van der Waals surface area contributed by atoms with Gasteiger partial charge in [-0.15, -0.1) is 11.8 Å². The van der Waals surface area contributed by atoms with Crippen molar-refractivity contribution in [2.45, 2.75) is 23.5 Å². The van der Waals surface area contributed by atoms with Crippen molar-refractivity contribution in [1.82, 2.24) is 4.90 Å². The van der Waals surface area contributed by atoms with Crippen LogP contribution in [0.5, 0.6) is 0 Å². The van der Waals surface area contributed by atoms with Gasteiger partial charge in [-0.1, -0.05) is 35.9 Å². The fourth-order valence-electron chi connectivity index (χ4n) is 3.83. The zero-order valence-electron chi connectivity index (χ0n) is 14.7. The first-order valence-corrected chi connectivity index (χ1v) is 12.0. The number of hydrogen-bond donors (Lipinski definition) is 0. The quantitative estimate of drug-likeness (QED) is 0.557. The lowest BCUT2D eigenvalue weighted by Crippen LogP contribution is -2.37. The van der Waals surface area contributed by atoms with Crippen LogP contribution in [0.3, 0.4) is 0 Å². The minimum atomic E-state index is -3.19. The molecule has 5 nitrogen and oxygen atoms in total. The van der Waals surface area contributed by atoms with Gasteiger partial charge in [-0.2, -0.15) is 0 Å². The minimum absolute atomic E-state index is 0.00736. The number of carbonyl (C=O) groups is 1. The fraction of sp³-hybridized carbons (Fsp3) is 0.316. The molecule has 0 radical (unpaired) electrons. The monoisotopic (exact) mass is 422 g/mol. The number of benzene rings is 2. The van der Waals surface area contributed by atoms with E-state index in [1.54, 1.807) is 27.6 Å². The first-order chi connectivity index (χ1) is 12.9. The number of anilines is 1. The van der Waals surface area contributed by atoms with Gasteiger partial charge in [0.25, 0.3) is 0 Å². The van der Waals surface area contributed by atoms with Crippen LogP contribution in [-0.2, 0) is 16.4 Å². The first-order valence-electron chi connectivity index (χ1n) is 8.57. The molecule has 2 aliphatic rings. The van der Waals surface area contributed by atoms with Gasteiger partial charge in [-0.25, -0.2) is 13.2 Å². The Morgan fingerprint density at radius 1 is 1.11 bits per heavy atom. The highest BCUT2D eigenvalue weighted by Gasteiger charge is 2.53. The standard InChI is InChI=1S/C19H19ClN2O3S2/c1-26-15-7-4-6-14(9-15)22-18-12-27(24,25)11-17(18)21(19(22)23)10-13-5-2-3-8-16(13)20/h2-9,17-18H,10-12H2,1H3. The molecule has 4 rings (SSSR count). The van der Waals surface area contributed by atoms with Crippen molar-refractivity contribution in [3.05, 3.63) is 59.1 Å². The highest BCUT2D eigenvalue weighted by atomic mass is 35.5. The van der Waals surface area contributed by atoms with E-state index in [0.29, 0.717) is 11.6 Å². The van der Waals surface area contributed by atoms with Crippen LogP contribution in [0.25, 0.3) is 0 Å². The van der Waals surface area contributed by atoms with E-state index in [4.69, 9.17) is 11.6 Å². The summed E-state index contributed by atoms with van der Waals surface area (Å²) in [4.78, 5) is 17.6. The maximum absolute atomic E-state index is 13.3. The molecule has 2 heterocycles. The molecule has 0 aromatic heterocycles. The molecule has 142 valence electrons. The van der Waals surface area contributed by atoms with Crippen molar-refractivity contribution >= 4 is 44.9 Å². The highest BCUT2D eigenvalue weighted by Crippen LogP contribution is 2.37. The van der Waals surface area contributed by atoms with Crippen molar-refractivity contribution in [3.63, 3.8) is 0 Å². The van der Waals surface area contributed by atoms with Crippen molar-refractivity contribution in [2.75, 3.05) is 22.7 Å². The van der Waals surface area contributed by atoms with E-state index in [2.05, 4.69) is 0 Å². The summed E-state index contributed by atoms with van der Waals surface area (Å²) in [6, 6.07) is 14.1. The summed E-state index contributed by atoms with van der Waals surface area (Å²) in [5.41, 5.74) is 1.55. The zero-order valence-corrected chi connectivity index (χ0v) is 17.1. The van der Waals surface area contributed by atoms with E-state index in [0.717, 1.165) is 16.1 Å². The van der Waals surface area contributed by atoms with Crippen LogP contribution in [-0.4, -0.2) is 49.2 Å². The second-order valence-electron chi connectivity index (χ2n) is 6.78. The number of thioether (sulfide) groups is 1. The third-order valence-electron chi connectivity index (χ3n) is 5.11. The number of urea groups is 1. The molecule has 2 atom stereocenters. The topological polar surface area (TPSA) is 57.7 Å². The number of sulfone groups is 1. The Bertz CT molecular complexity index is 996. The molecule has 0 bridgehead atoms. The molecule has 27 heavy (non-hydrogen) atoms. The number of halogens is 1. The molecule has 2 fully saturated rings. The number of amides is 2. The van der Waals surface area contributed by atoms with E-state index in [1.807, 2.05) is 48.7 Å². The predicted octanol–water partition coefficient (Wildman–Crippen LogP) is 3.67. The fourth-order valence-corrected chi connectivity index (χ4v) is 6.43. The Morgan fingerprint density at radius 2 is 1.85 bits per heavy atom. The lowest BCUT2D eigenvalue weighted by Gasteiger charge is -2.23. The Balaban J connectivity index is 1.73. The Morgan fingerprint density at radius 3 is 2.59 bits per heavy atom. The molecule has 2 amide bonds. The average Bonchev–Trinajstić information content (AvgIpc) is 3.07. The highest BCUT2D eigenvalue weighted by molar-refractivity contribution is 7.98. The summed E-state index contributed by atoms with van der Waals surface area (Å²) >= 11 is 7.86. The van der Waals surface area contributed by atoms with E-state index in [-0.39, 0.29) is 29.6 Å². The van der Waals surface area contributed by atoms with Crippen LogP contribution in [0, 0.1) is 0 Å². The van der Waals surface area contributed by atoms with Crippen molar-refractivity contribution in [2.24, 2.45) is 0 Å². The van der Waals surface area contributed by atoms with Gasteiger partial charge in [0.1, 0.15) is 0 Å². The lowest BCUT2D eigenvalue weighted by molar-refractivity contribution is 0.206. The van der Waals surface area contributed by atoms with Crippen LogP contribution in [0.2, 0.25) is 5.02 Å². The molecule has 8 heteroatoms. The van der Waals surface area contributed by atoms with Gasteiger partial charge in [0.05, 0.1) is 23.6 Å². The van der Waals surface area contributed by atoms with Gasteiger partial charge in [0.2, 0.25) is 0 Å². The summed E-state index contributed by atoms with van der Waals surface area (Å²) in [5, 5.41) is 0.575. The summed E-state index contributed by atoms with van der Waals surface area (Å²) in [7, 11) is -3.19. The normalized spacial score (nSPS) is 23.7. The number of fused-ring (bicyclic) bond motifs is 1. The van der Waals surface area contributed by atoms with Crippen LogP contribution < -0.4 is 4.90 Å². The van der Waals surface area contributed by atoms with Gasteiger partial charge in [0, 0.05) is 22.2 Å². The van der Waals surface area contributed by atoms with Gasteiger partial charge in [0.15, 0.2) is 9.84 Å². The van der Waals surface area contributed by atoms with Crippen LogP contribution >= 0.6 is 23.4 Å². The van der Waals surface area contributed by atoms with Crippen LogP contribution in [0.1, 0.15) is 5.56 Å². The van der Waals surface area contributed by atoms with Gasteiger partial charge >= 0.3 is 6.03 Å². The average molecular weight is 423 g/mol. The predicted molar refractivity (Wildman–Crippen MR) is 109 cm³/mol. The number of carbonyl (C=O) groups excluding carboxylic acids is 1. The van der Waals surface area contributed by atoms with E-state index >= 15 is 0 Å². The zero-order chi connectivity index (χ0) is 19.2. The summed E-state index contributed by atoms with van der Waals surface area (Å²) in [6.07, 6.45) is 1.97. The molecule has 0 aliphatic carbocycles. The smallest absolute Gasteiger partial charge is 0.314 e. The van der Waals surface area contributed by atoms with Crippen molar-refractivity contribution < 1.29 is 13.2 Å². The van der Waals surface area contributed by atoms with E-state index in [9.17, 15) is 13.2 Å². The van der Waals surface area contributed by atoms with Crippen LogP contribution in [0.4, 0.5) is 10.5 Å². The summed E-state index contributed by atoms with van der Waals surface area (Å²) in [5.74, 6) is -0.0154. The van der Waals surface area contributed by atoms with Crippen molar-refractivity contribution in [1.29, 1.82) is 0 Å². The Kier molecular flexibility index (Phi) is 4.86. The minimum Gasteiger partial charge on any atom is -0.314 e. The molecule has 2 aromatic rings. The second-order valence-corrected chi connectivity index (χ2v) is 10.2. The Hall–Kier alpha value is -1.70. The molecule has 0 N–H and O–H groups in total.